The molecule has 0 amide bonds. The second kappa shape index (κ2) is 6.80. The number of hydrogen-bond donors (Lipinski definition) is 0. The highest BCUT2D eigenvalue weighted by atomic mass is 16.4. The third kappa shape index (κ3) is 3.93. The highest BCUT2D eigenvalue weighted by Crippen LogP contribution is 2.34. The van der Waals surface area contributed by atoms with Crippen LogP contribution in [0.4, 0.5) is 0 Å². The Morgan fingerprint density at radius 2 is 1.31 bits per heavy atom. The van der Waals surface area contributed by atoms with Crippen molar-refractivity contribution in [3.63, 3.8) is 0 Å². The minimum absolute atomic E-state index is 0.0266. The van der Waals surface area contributed by atoms with Gasteiger partial charge in [0.15, 0.2) is 0 Å². The summed E-state index contributed by atoms with van der Waals surface area (Å²) in [5, 5.41) is 9.69. The van der Waals surface area contributed by atoms with Crippen molar-refractivity contribution in [2.45, 2.75) is 52.4 Å². The molecular weight excluding hydrogens is 358 g/mol. The summed E-state index contributed by atoms with van der Waals surface area (Å²) >= 11 is 0. The lowest BCUT2D eigenvalue weighted by Crippen LogP contribution is -2.16. The highest BCUT2D eigenvalue weighted by molar-refractivity contribution is 5.80. The van der Waals surface area contributed by atoms with Gasteiger partial charge in [-0.3, -0.25) is 0 Å². The molecule has 2 heterocycles. The van der Waals surface area contributed by atoms with Gasteiger partial charge < -0.3 is 4.42 Å². The quantitative estimate of drug-likeness (QED) is 0.393. The fraction of sp³-hybridized carbons (Fsp3) is 0.320. The minimum Gasteiger partial charge on any atom is -0.415 e. The van der Waals surface area contributed by atoms with Gasteiger partial charge in [0, 0.05) is 10.9 Å². The minimum atomic E-state index is 0.0266. The van der Waals surface area contributed by atoms with Crippen molar-refractivity contribution in [3.8, 4) is 23.0 Å². The maximum absolute atomic E-state index is 6.06. The molecule has 0 N–H and O–H groups in total. The van der Waals surface area contributed by atoms with E-state index in [2.05, 4.69) is 74.9 Å². The fourth-order valence-electron chi connectivity index (χ4n) is 3.25. The van der Waals surface area contributed by atoms with E-state index in [1.165, 1.54) is 11.1 Å². The van der Waals surface area contributed by atoms with Crippen molar-refractivity contribution >= 4 is 10.9 Å². The van der Waals surface area contributed by atoms with Gasteiger partial charge >= 0.3 is 0 Å². The van der Waals surface area contributed by atoms with Gasteiger partial charge in [-0.05, 0) is 46.2 Å². The molecule has 4 rings (SSSR count). The average molecular weight is 386 g/mol. The molecular formula is C25H27N3O. The first-order valence-corrected chi connectivity index (χ1v) is 9.97. The van der Waals surface area contributed by atoms with E-state index in [1.807, 2.05) is 36.4 Å². The predicted octanol–water partition coefficient (Wildman–Crippen LogP) is 6.55. The van der Waals surface area contributed by atoms with Crippen LogP contribution in [0.2, 0.25) is 0 Å². The van der Waals surface area contributed by atoms with E-state index < -0.39 is 0 Å². The number of nitrogens with zero attached hydrogens (tertiary/aromatic N) is 3. The molecule has 0 aliphatic heterocycles. The van der Waals surface area contributed by atoms with Gasteiger partial charge in [0.1, 0.15) is 5.69 Å². The molecule has 0 radical (unpaired) electrons. The second-order valence-corrected chi connectivity index (χ2v) is 9.60. The molecule has 148 valence electrons. The normalized spacial score (nSPS) is 12.5. The summed E-state index contributed by atoms with van der Waals surface area (Å²) in [5.41, 5.74) is 5.10. The monoisotopic (exact) mass is 385 g/mol. The topological polar surface area (TPSA) is 51.8 Å². The van der Waals surface area contributed by atoms with Crippen LogP contribution >= 0.6 is 0 Å². The lowest BCUT2D eigenvalue weighted by atomic mass is 9.79. The van der Waals surface area contributed by atoms with Crippen molar-refractivity contribution in [3.05, 3.63) is 65.7 Å². The van der Waals surface area contributed by atoms with Crippen LogP contribution in [0.5, 0.6) is 0 Å². The molecule has 29 heavy (non-hydrogen) atoms. The van der Waals surface area contributed by atoms with Gasteiger partial charge in [0.2, 0.25) is 5.89 Å². The summed E-state index contributed by atoms with van der Waals surface area (Å²) in [4.78, 5) is 4.67. The molecule has 0 bridgehead atoms. The number of aromatic nitrogens is 3. The van der Waals surface area contributed by atoms with Gasteiger partial charge in [0.25, 0.3) is 5.89 Å². The zero-order chi connectivity index (χ0) is 20.8. The molecule has 4 aromatic rings. The zero-order valence-electron chi connectivity index (χ0n) is 17.9. The van der Waals surface area contributed by atoms with Crippen molar-refractivity contribution < 1.29 is 4.42 Å². The third-order valence-corrected chi connectivity index (χ3v) is 5.15. The van der Waals surface area contributed by atoms with Crippen LogP contribution in [0, 0.1) is 0 Å². The van der Waals surface area contributed by atoms with Gasteiger partial charge in [0.05, 0.1) is 5.52 Å². The lowest BCUT2D eigenvalue weighted by Gasteiger charge is -2.25. The Kier molecular flexibility index (Phi) is 4.53. The highest BCUT2D eigenvalue weighted by Gasteiger charge is 2.22. The number of rotatable bonds is 2. The van der Waals surface area contributed by atoms with Crippen LogP contribution in [0.15, 0.2) is 59.0 Å². The molecule has 0 spiro atoms. The van der Waals surface area contributed by atoms with Crippen molar-refractivity contribution in [2.24, 2.45) is 0 Å². The van der Waals surface area contributed by atoms with Gasteiger partial charge in [-0.2, -0.15) is 0 Å². The Hall–Kier alpha value is -3.01. The molecule has 0 atom stereocenters. The first-order chi connectivity index (χ1) is 13.6. The summed E-state index contributed by atoms with van der Waals surface area (Å²) < 4.78 is 6.06. The molecule has 0 aliphatic carbocycles. The van der Waals surface area contributed by atoms with E-state index >= 15 is 0 Å². The van der Waals surface area contributed by atoms with Crippen molar-refractivity contribution in [2.75, 3.05) is 0 Å². The SMILES string of the molecule is CC(C)(C)c1cc(-c2nnc(-c3ccc4ccccc4n3)o2)cc(C(C)(C)C)c1. The second-order valence-electron chi connectivity index (χ2n) is 9.60. The third-order valence-electron chi connectivity index (χ3n) is 5.15. The summed E-state index contributed by atoms with van der Waals surface area (Å²) in [6.45, 7) is 13.3. The van der Waals surface area contributed by atoms with Crippen LogP contribution in [-0.2, 0) is 10.8 Å². The Morgan fingerprint density at radius 1 is 0.690 bits per heavy atom. The van der Waals surface area contributed by atoms with E-state index in [9.17, 15) is 0 Å². The fourth-order valence-corrected chi connectivity index (χ4v) is 3.25. The molecule has 0 unspecified atom stereocenters. The van der Waals surface area contributed by atoms with Gasteiger partial charge in [-0.15, -0.1) is 10.2 Å². The average Bonchev–Trinajstić information content (AvgIpc) is 3.16. The zero-order valence-corrected chi connectivity index (χ0v) is 17.9. The maximum atomic E-state index is 6.06. The molecule has 0 saturated heterocycles. The first-order valence-electron chi connectivity index (χ1n) is 9.97. The molecule has 0 saturated carbocycles. The van der Waals surface area contributed by atoms with Crippen LogP contribution in [-0.4, -0.2) is 15.2 Å². The van der Waals surface area contributed by atoms with Crippen LogP contribution < -0.4 is 0 Å². The number of hydrogen-bond acceptors (Lipinski definition) is 4. The van der Waals surface area contributed by atoms with E-state index in [-0.39, 0.29) is 10.8 Å². The van der Waals surface area contributed by atoms with E-state index in [4.69, 9.17) is 4.42 Å². The molecule has 0 fully saturated rings. The van der Waals surface area contributed by atoms with E-state index in [1.54, 1.807) is 0 Å². The van der Waals surface area contributed by atoms with Crippen molar-refractivity contribution in [1.29, 1.82) is 0 Å². The lowest BCUT2D eigenvalue weighted by molar-refractivity contribution is 0.564. The van der Waals surface area contributed by atoms with Gasteiger partial charge in [-0.1, -0.05) is 71.9 Å². The largest absolute Gasteiger partial charge is 0.415 e. The summed E-state index contributed by atoms with van der Waals surface area (Å²) in [7, 11) is 0. The molecule has 2 aromatic heterocycles. The van der Waals surface area contributed by atoms with Crippen molar-refractivity contribution in [1.82, 2.24) is 15.2 Å². The number of benzene rings is 2. The number of pyridine rings is 1. The maximum Gasteiger partial charge on any atom is 0.266 e. The first kappa shape index (κ1) is 19.3. The number of para-hydroxylation sites is 1. The smallest absolute Gasteiger partial charge is 0.266 e. The molecule has 2 aromatic carbocycles. The van der Waals surface area contributed by atoms with Crippen LogP contribution in [0.25, 0.3) is 33.9 Å². The summed E-state index contributed by atoms with van der Waals surface area (Å²) in [6, 6.07) is 18.5. The summed E-state index contributed by atoms with van der Waals surface area (Å²) in [6.07, 6.45) is 0. The van der Waals surface area contributed by atoms with Crippen LogP contribution in [0.3, 0.4) is 0 Å². The van der Waals surface area contributed by atoms with Gasteiger partial charge in [-0.25, -0.2) is 4.98 Å². The van der Waals surface area contributed by atoms with E-state index in [0.717, 1.165) is 16.5 Å². The Labute approximate surface area is 172 Å². The predicted molar refractivity (Wildman–Crippen MR) is 118 cm³/mol. The van der Waals surface area contributed by atoms with E-state index in [0.29, 0.717) is 17.5 Å². The standard InChI is InChI=1S/C25H27N3O/c1-24(2,3)18-13-17(14-19(15-18)25(4,5)6)22-27-28-23(29-22)21-12-11-16-9-7-8-10-20(16)26-21/h7-15H,1-6H3. The summed E-state index contributed by atoms with van der Waals surface area (Å²) in [5.74, 6) is 0.954. The molecule has 4 heteroatoms. The Balaban J connectivity index is 1.79. The molecule has 4 nitrogen and oxygen atoms in total. The van der Waals surface area contributed by atoms with Crippen LogP contribution in [0.1, 0.15) is 52.7 Å². The molecule has 0 aliphatic rings. The number of fused-ring (bicyclic) bond motifs is 1. The Bertz CT molecular complexity index is 1140. The Morgan fingerprint density at radius 3 is 1.97 bits per heavy atom.